The van der Waals surface area contributed by atoms with Crippen LogP contribution in [-0.2, 0) is 17.9 Å². The van der Waals surface area contributed by atoms with Crippen molar-refractivity contribution in [3.8, 4) is 0 Å². The van der Waals surface area contributed by atoms with Gasteiger partial charge in [0.1, 0.15) is 4.70 Å². The van der Waals surface area contributed by atoms with Crippen LogP contribution in [0, 0.1) is 0 Å². The van der Waals surface area contributed by atoms with E-state index in [1.54, 1.807) is 11.3 Å². The van der Waals surface area contributed by atoms with E-state index in [1.807, 2.05) is 58.6 Å². The van der Waals surface area contributed by atoms with Crippen LogP contribution in [0.1, 0.15) is 5.56 Å². The Morgan fingerprint density at radius 2 is 1.73 bits per heavy atom. The molecule has 0 aliphatic rings. The maximum atomic E-state index is 12.0. The molecule has 116 valence electrons. The summed E-state index contributed by atoms with van der Waals surface area (Å²) in [5, 5.41) is 2.95. The zero-order chi connectivity index (χ0) is 13.8. The molecule has 0 aliphatic carbocycles. The van der Waals surface area contributed by atoms with Crippen molar-refractivity contribution >= 4 is 27.5 Å². The number of hydrogen-bond donors (Lipinski definition) is 1. The molecule has 3 rings (SSSR count). The first-order valence-electron chi connectivity index (χ1n) is 6.49. The summed E-state index contributed by atoms with van der Waals surface area (Å²) in [5.41, 5.74) is 4.21. The SMILES string of the molecule is O.O=C(C[n+]1csc2ccccc21)NCc1ccccc1.[Br-]. The van der Waals surface area contributed by atoms with Gasteiger partial charge in [-0.3, -0.25) is 4.79 Å². The summed E-state index contributed by atoms with van der Waals surface area (Å²) in [5.74, 6) is 0.0300. The molecule has 0 spiro atoms. The van der Waals surface area contributed by atoms with Gasteiger partial charge in [0.15, 0.2) is 0 Å². The molecule has 0 radical (unpaired) electrons. The minimum atomic E-state index is 0. The van der Waals surface area contributed by atoms with Crippen LogP contribution in [0.2, 0.25) is 0 Å². The van der Waals surface area contributed by atoms with Crippen molar-refractivity contribution in [2.24, 2.45) is 0 Å². The standard InChI is InChI=1S/C16H14N2OS.BrH.H2O/c19-16(17-10-13-6-2-1-3-7-13)11-18-12-20-15-9-5-4-8-14(15)18;;/h1-9,12H,10-11H2;1H;1H2. The van der Waals surface area contributed by atoms with Crippen LogP contribution in [0.4, 0.5) is 0 Å². The smallest absolute Gasteiger partial charge is 0.286 e. The fraction of sp³-hybridized carbons (Fsp3) is 0.125. The van der Waals surface area contributed by atoms with Gasteiger partial charge in [-0.05, 0) is 11.6 Å². The van der Waals surface area contributed by atoms with E-state index in [1.165, 1.54) is 4.70 Å². The third-order valence-corrected chi connectivity index (χ3v) is 4.09. The van der Waals surface area contributed by atoms with Gasteiger partial charge in [-0.15, -0.1) is 0 Å². The predicted octanol–water partition coefficient (Wildman–Crippen LogP) is -1.32. The first kappa shape index (κ1) is 18.3. The lowest BCUT2D eigenvalue weighted by molar-refractivity contribution is -0.654. The molecule has 0 saturated carbocycles. The van der Waals surface area contributed by atoms with E-state index in [4.69, 9.17) is 0 Å². The zero-order valence-corrected chi connectivity index (χ0v) is 14.2. The predicted molar refractivity (Wildman–Crippen MR) is 83.9 cm³/mol. The van der Waals surface area contributed by atoms with Crippen molar-refractivity contribution in [3.63, 3.8) is 0 Å². The highest BCUT2D eigenvalue weighted by Gasteiger charge is 2.14. The van der Waals surface area contributed by atoms with Gasteiger partial charge in [0.05, 0.1) is 0 Å². The van der Waals surface area contributed by atoms with Crippen molar-refractivity contribution in [1.82, 2.24) is 5.32 Å². The summed E-state index contributed by atoms with van der Waals surface area (Å²) < 4.78 is 3.18. The number of carbonyl (C=O) groups is 1. The summed E-state index contributed by atoms with van der Waals surface area (Å²) in [4.78, 5) is 12.0. The molecule has 0 fully saturated rings. The van der Waals surface area contributed by atoms with Crippen LogP contribution in [-0.4, -0.2) is 11.4 Å². The van der Waals surface area contributed by atoms with Gasteiger partial charge in [0.25, 0.3) is 5.91 Å². The second kappa shape index (κ2) is 8.63. The van der Waals surface area contributed by atoms with E-state index >= 15 is 0 Å². The molecule has 3 N–H and O–H groups in total. The van der Waals surface area contributed by atoms with E-state index < -0.39 is 0 Å². The number of nitrogens with one attached hydrogen (secondary N) is 1. The van der Waals surface area contributed by atoms with Crippen LogP contribution < -0.4 is 26.9 Å². The van der Waals surface area contributed by atoms with Crippen LogP contribution in [0.3, 0.4) is 0 Å². The van der Waals surface area contributed by atoms with Gasteiger partial charge in [-0.1, -0.05) is 53.8 Å². The van der Waals surface area contributed by atoms with Crippen LogP contribution >= 0.6 is 11.3 Å². The highest BCUT2D eigenvalue weighted by atomic mass is 79.9. The van der Waals surface area contributed by atoms with Gasteiger partial charge in [0, 0.05) is 12.6 Å². The minimum Gasteiger partial charge on any atom is -1.00 e. The van der Waals surface area contributed by atoms with E-state index in [0.29, 0.717) is 13.1 Å². The Hall–Kier alpha value is -1.76. The third-order valence-electron chi connectivity index (χ3n) is 3.13. The van der Waals surface area contributed by atoms with Crippen molar-refractivity contribution < 1.29 is 31.8 Å². The molecule has 0 atom stereocenters. The number of thiazole rings is 1. The van der Waals surface area contributed by atoms with Crippen molar-refractivity contribution in [2.75, 3.05) is 0 Å². The summed E-state index contributed by atoms with van der Waals surface area (Å²) in [6.07, 6.45) is 0. The summed E-state index contributed by atoms with van der Waals surface area (Å²) in [7, 11) is 0. The molecule has 3 aromatic rings. The maximum Gasteiger partial charge on any atom is 0.286 e. The van der Waals surface area contributed by atoms with E-state index in [2.05, 4.69) is 11.4 Å². The largest absolute Gasteiger partial charge is 1.00 e. The normalized spacial score (nSPS) is 9.64. The second-order valence-electron chi connectivity index (χ2n) is 4.58. The number of rotatable bonds is 4. The summed E-state index contributed by atoms with van der Waals surface area (Å²) >= 11 is 1.65. The average molecular weight is 381 g/mol. The topological polar surface area (TPSA) is 64.5 Å². The highest BCUT2D eigenvalue weighted by molar-refractivity contribution is 7.16. The number of hydrogen-bond acceptors (Lipinski definition) is 2. The monoisotopic (exact) mass is 380 g/mol. The Labute approximate surface area is 143 Å². The van der Waals surface area contributed by atoms with Gasteiger partial charge in [-0.2, -0.15) is 4.57 Å². The zero-order valence-electron chi connectivity index (χ0n) is 11.8. The van der Waals surface area contributed by atoms with Crippen molar-refractivity contribution in [2.45, 2.75) is 13.1 Å². The fourth-order valence-corrected chi connectivity index (χ4v) is 2.99. The van der Waals surface area contributed by atoms with Gasteiger partial charge < -0.3 is 27.8 Å². The molecule has 1 aromatic heterocycles. The molecule has 1 heterocycles. The van der Waals surface area contributed by atoms with E-state index in [-0.39, 0.29) is 28.4 Å². The first-order chi connectivity index (χ1) is 9.83. The Kier molecular flexibility index (Phi) is 7.17. The van der Waals surface area contributed by atoms with E-state index in [0.717, 1.165) is 11.1 Å². The Balaban J connectivity index is 0.00000121. The molecule has 0 aliphatic heterocycles. The van der Waals surface area contributed by atoms with E-state index in [9.17, 15) is 4.79 Å². The number of halogens is 1. The fourth-order valence-electron chi connectivity index (χ4n) is 2.10. The number of benzene rings is 2. The van der Waals surface area contributed by atoms with Gasteiger partial charge in [0.2, 0.25) is 17.6 Å². The molecule has 4 nitrogen and oxygen atoms in total. The maximum absolute atomic E-state index is 12.0. The number of fused-ring (bicyclic) bond motifs is 1. The van der Waals surface area contributed by atoms with Crippen LogP contribution in [0.25, 0.3) is 10.2 Å². The molecular weight excluding hydrogens is 364 g/mol. The van der Waals surface area contributed by atoms with Crippen LogP contribution in [0.15, 0.2) is 60.1 Å². The number of para-hydroxylation sites is 1. The Morgan fingerprint density at radius 1 is 1.05 bits per heavy atom. The summed E-state index contributed by atoms with van der Waals surface area (Å²) in [6, 6.07) is 18.0. The molecule has 6 heteroatoms. The molecule has 2 aromatic carbocycles. The molecule has 22 heavy (non-hydrogen) atoms. The highest BCUT2D eigenvalue weighted by Crippen LogP contribution is 2.14. The lowest BCUT2D eigenvalue weighted by Crippen LogP contribution is -3.00. The van der Waals surface area contributed by atoms with Crippen LogP contribution in [0.5, 0.6) is 0 Å². The number of aromatic nitrogens is 1. The minimum absolute atomic E-state index is 0. The van der Waals surface area contributed by atoms with Gasteiger partial charge >= 0.3 is 0 Å². The molecule has 0 bridgehead atoms. The average Bonchev–Trinajstić information content (AvgIpc) is 2.90. The molecule has 0 saturated heterocycles. The first-order valence-corrected chi connectivity index (χ1v) is 7.37. The number of carbonyl (C=O) groups excluding carboxylic acids is 1. The third kappa shape index (κ3) is 4.37. The number of nitrogens with zero attached hydrogens (tertiary/aromatic N) is 1. The van der Waals surface area contributed by atoms with Gasteiger partial charge in [-0.25, -0.2) is 0 Å². The quantitative estimate of drug-likeness (QED) is 0.561. The second-order valence-corrected chi connectivity index (χ2v) is 5.47. The Morgan fingerprint density at radius 3 is 2.50 bits per heavy atom. The molecular formula is C16H17BrN2O2S. The lowest BCUT2D eigenvalue weighted by atomic mass is 10.2. The number of amides is 1. The Bertz CT molecular complexity index is 731. The summed E-state index contributed by atoms with van der Waals surface area (Å²) in [6.45, 7) is 0.930. The molecule has 0 unspecified atom stereocenters. The van der Waals surface area contributed by atoms with Crippen molar-refractivity contribution in [1.29, 1.82) is 0 Å². The van der Waals surface area contributed by atoms with Crippen molar-refractivity contribution in [3.05, 3.63) is 65.7 Å². The molecule has 1 amide bonds. The lowest BCUT2D eigenvalue weighted by Gasteiger charge is -2.02.